The molecule has 0 amide bonds. The van der Waals surface area contributed by atoms with E-state index in [1.54, 1.807) is 0 Å². The van der Waals surface area contributed by atoms with Crippen LogP contribution in [-0.4, -0.2) is 20.2 Å². The van der Waals surface area contributed by atoms with Crippen LogP contribution in [-0.2, 0) is 0 Å². The number of para-hydroxylation sites is 1. The Morgan fingerprint density at radius 1 is 0.737 bits per heavy atom. The van der Waals surface area contributed by atoms with Gasteiger partial charge in [0.25, 0.3) is 0 Å². The zero-order chi connectivity index (χ0) is 11.5. The molecule has 19 heavy (non-hydrogen) atoms. The third kappa shape index (κ3) is 3.30. The molecule has 3 aromatic rings. The minimum absolute atomic E-state index is 0. The van der Waals surface area contributed by atoms with Crippen molar-refractivity contribution in [2.75, 3.05) is 0 Å². The predicted molar refractivity (Wildman–Crippen MR) is 79.1 cm³/mol. The number of aromatic nitrogens is 4. The van der Waals surface area contributed by atoms with Gasteiger partial charge in [0, 0.05) is 5.56 Å². The first-order valence-corrected chi connectivity index (χ1v) is 5.34. The van der Waals surface area contributed by atoms with Crippen LogP contribution in [0.4, 0.5) is 0 Å². The van der Waals surface area contributed by atoms with Gasteiger partial charge in [0.15, 0.2) is 0 Å². The Morgan fingerprint density at radius 2 is 1.32 bits per heavy atom. The summed E-state index contributed by atoms with van der Waals surface area (Å²) in [5.74, 6) is 0.634. The Balaban J connectivity index is 0.000000902. The summed E-state index contributed by atoms with van der Waals surface area (Å²) in [7, 11) is 0. The number of tetrazole rings is 1. The van der Waals surface area contributed by atoms with Gasteiger partial charge in [-0.1, -0.05) is 48.5 Å². The molecule has 0 aliphatic carbocycles. The fourth-order valence-electron chi connectivity index (χ4n) is 1.59. The van der Waals surface area contributed by atoms with E-state index in [9.17, 15) is 0 Å². The molecule has 0 bridgehead atoms. The van der Waals surface area contributed by atoms with E-state index in [1.807, 2.05) is 60.7 Å². The Morgan fingerprint density at radius 3 is 1.95 bits per heavy atom. The molecule has 0 spiro atoms. The van der Waals surface area contributed by atoms with Crippen molar-refractivity contribution in [3.05, 3.63) is 60.7 Å². The number of hydrogen-bond donors (Lipinski definition) is 0. The van der Waals surface area contributed by atoms with Crippen LogP contribution in [0.1, 0.15) is 0 Å². The normalized spacial score (nSPS) is 9.26. The summed E-state index contributed by atoms with van der Waals surface area (Å²) < 4.78 is 0. The summed E-state index contributed by atoms with van der Waals surface area (Å²) in [5.41, 5.74) is 1.87. The van der Waals surface area contributed by atoms with E-state index < -0.39 is 0 Å². The van der Waals surface area contributed by atoms with Crippen LogP contribution < -0.4 is 0 Å². The van der Waals surface area contributed by atoms with Gasteiger partial charge in [-0.2, -0.15) is 0 Å². The summed E-state index contributed by atoms with van der Waals surface area (Å²) in [5, 5.41) is 12.4. The van der Waals surface area contributed by atoms with Crippen LogP contribution in [0.5, 0.6) is 0 Å². The monoisotopic (exact) mass is 294 g/mol. The highest BCUT2D eigenvalue weighted by atomic mass is 35.5. The molecule has 0 N–H and O–H groups in total. The first-order chi connectivity index (χ1) is 8.43. The Kier molecular flexibility index (Phi) is 5.48. The molecule has 2 aromatic carbocycles. The standard InChI is InChI=1S/C13H10N4.2ClH/c1-3-7-11(8-4-1)13-14-16-17(15-13)12-9-5-2-6-10-12;;/h1-10H;2*1H. The van der Waals surface area contributed by atoms with Crippen LogP contribution in [0.25, 0.3) is 17.1 Å². The van der Waals surface area contributed by atoms with Crippen LogP contribution in [0, 0.1) is 0 Å². The summed E-state index contributed by atoms with van der Waals surface area (Å²) in [6.45, 7) is 0. The third-order valence-electron chi connectivity index (χ3n) is 2.43. The van der Waals surface area contributed by atoms with Gasteiger partial charge in [0.05, 0.1) is 5.69 Å². The summed E-state index contributed by atoms with van der Waals surface area (Å²) >= 11 is 0. The minimum Gasteiger partial charge on any atom is -0.147 e. The van der Waals surface area contributed by atoms with Crippen molar-refractivity contribution in [1.82, 2.24) is 20.2 Å². The van der Waals surface area contributed by atoms with E-state index in [4.69, 9.17) is 0 Å². The first-order valence-electron chi connectivity index (χ1n) is 5.34. The van der Waals surface area contributed by atoms with Gasteiger partial charge in [-0.3, -0.25) is 0 Å². The average molecular weight is 295 g/mol. The van der Waals surface area contributed by atoms with Crippen LogP contribution in [0.3, 0.4) is 0 Å². The minimum atomic E-state index is 0. The average Bonchev–Trinajstić information content (AvgIpc) is 2.90. The van der Waals surface area contributed by atoms with Gasteiger partial charge in [0.1, 0.15) is 0 Å². The van der Waals surface area contributed by atoms with Crippen molar-refractivity contribution in [3.8, 4) is 17.1 Å². The molecule has 1 heterocycles. The van der Waals surface area contributed by atoms with E-state index in [1.165, 1.54) is 4.80 Å². The zero-order valence-corrected chi connectivity index (χ0v) is 11.5. The molecule has 0 saturated heterocycles. The van der Waals surface area contributed by atoms with E-state index in [2.05, 4.69) is 15.4 Å². The molecule has 0 radical (unpaired) electrons. The number of halogens is 2. The molecule has 98 valence electrons. The maximum absolute atomic E-state index is 4.35. The number of nitrogens with zero attached hydrogens (tertiary/aromatic N) is 4. The van der Waals surface area contributed by atoms with Gasteiger partial charge in [-0.25, -0.2) is 0 Å². The van der Waals surface area contributed by atoms with Crippen molar-refractivity contribution < 1.29 is 0 Å². The Bertz CT molecular complexity index is 557. The smallest absolute Gasteiger partial charge is 0.147 e. The molecule has 6 heteroatoms. The number of benzene rings is 2. The number of rotatable bonds is 2. The Labute approximate surface area is 123 Å². The Hall–Kier alpha value is -1.91. The molecule has 0 fully saturated rings. The highest BCUT2D eigenvalue weighted by Gasteiger charge is 2.05. The van der Waals surface area contributed by atoms with Crippen LogP contribution >= 0.6 is 24.8 Å². The molecule has 0 saturated carbocycles. The second-order valence-electron chi connectivity index (χ2n) is 3.60. The van der Waals surface area contributed by atoms with E-state index in [-0.39, 0.29) is 24.8 Å². The largest absolute Gasteiger partial charge is 0.205 e. The van der Waals surface area contributed by atoms with Crippen molar-refractivity contribution in [2.45, 2.75) is 0 Å². The quantitative estimate of drug-likeness (QED) is 0.729. The van der Waals surface area contributed by atoms with E-state index in [0.717, 1.165) is 11.3 Å². The van der Waals surface area contributed by atoms with Crippen LogP contribution in [0.2, 0.25) is 0 Å². The highest BCUT2D eigenvalue weighted by Crippen LogP contribution is 2.13. The summed E-state index contributed by atoms with van der Waals surface area (Å²) in [4.78, 5) is 1.53. The molecule has 0 atom stereocenters. The van der Waals surface area contributed by atoms with E-state index in [0.29, 0.717) is 5.82 Å². The van der Waals surface area contributed by atoms with Gasteiger partial charge < -0.3 is 0 Å². The van der Waals surface area contributed by atoms with Crippen molar-refractivity contribution in [1.29, 1.82) is 0 Å². The maximum Gasteiger partial charge on any atom is 0.205 e. The van der Waals surface area contributed by atoms with E-state index >= 15 is 0 Å². The lowest BCUT2D eigenvalue weighted by atomic mass is 10.2. The molecule has 3 rings (SSSR count). The molecule has 4 nitrogen and oxygen atoms in total. The predicted octanol–water partition coefficient (Wildman–Crippen LogP) is 3.17. The second kappa shape index (κ2) is 6.87. The highest BCUT2D eigenvalue weighted by molar-refractivity contribution is 5.85. The van der Waals surface area contributed by atoms with Crippen molar-refractivity contribution >= 4 is 24.8 Å². The van der Waals surface area contributed by atoms with Gasteiger partial charge >= 0.3 is 0 Å². The molecule has 0 unspecified atom stereocenters. The maximum atomic E-state index is 4.35. The second-order valence-corrected chi connectivity index (χ2v) is 3.60. The SMILES string of the molecule is Cl.Cl.c1ccc(-c2nnn(-c3ccccc3)n2)cc1. The fourth-order valence-corrected chi connectivity index (χ4v) is 1.59. The lowest BCUT2D eigenvalue weighted by molar-refractivity contribution is 0.720. The van der Waals surface area contributed by atoms with Gasteiger partial charge in [-0.15, -0.1) is 39.8 Å². The molecular weight excluding hydrogens is 283 g/mol. The first kappa shape index (κ1) is 15.1. The summed E-state index contributed by atoms with van der Waals surface area (Å²) in [6.07, 6.45) is 0. The fraction of sp³-hybridized carbons (Fsp3) is 0. The number of hydrogen-bond acceptors (Lipinski definition) is 3. The molecule has 1 aromatic heterocycles. The molecule has 0 aliphatic heterocycles. The van der Waals surface area contributed by atoms with Gasteiger partial charge in [-0.05, 0) is 17.3 Å². The lowest BCUT2D eigenvalue weighted by Gasteiger charge is -1.95. The third-order valence-corrected chi connectivity index (χ3v) is 2.43. The van der Waals surface area contributed by atoms with Crippen molar-refractivity contribution in [2.24, 2.45) is 0 Å². The van der Waals surface area contributed by atoms with Gasteiger partial charge in [0.2, 0.25) is 5.82 Å². The topological polar surface area (TPSA) is 43.6 Å². The van der Waals surface area contributed by atoms with Crippen molar-refractivity contribution in [3.63, 3.8) is 0 Å². The lowest BCUT2D eigenvalue weighted by Crippen LogP contribution is -1.98. The summed E-state index contributed by atoms with van der Waals surface area (Å²) in [6, 6.07) is 19.5. The zero-order valence-electron chi connectivity index (χ0n) is 9.88. The van der Waals surface area contributed by atoms with Crippen LogP contribution in [0.15, 0.2) is 60.7 Å². The molecular formula is C13H12Cl2N4. The molecule has 0 aliphatic rings.